The minimum atomic E-state index is -0.400. The van der Waals surface area contributed by atoms with Crippen molar-refractivity contribution in [2.45, 2.75) is 19.4 Å². The fraction of sp³-hybridized carbons (Fsp3) is 0.333. The summed E-state index contributed by atoms with van der Waals surface area (Å²) in [5.74, 6) is 0.597. The summed E-state index contributed by atoms with van der Waals surface area (Å²) in [7, 11) is 0. The fourth-order valence-electron chi connectivity index (χ4n) is 2.63. The Morgan fingerprint density at radius 3 is 2.91 bits per heavy atom. The van der Waals surface area contributed by atoms with Gasteiger partial charge in [-0.25, -0.2) is 9.37 Å². The first-order chi connectivity index (χ1) is 10.5. The van der Waals surface area contributed by atoms with Gasteiger partial charge in [-0.15, -0.1) is 0 Å². The number of aromatic nitrogens is 2. The van der Waals surface area contributed by atoms with E-state index in [4.69, 9.17) is 17.3 Å². The molecule has 2 aromatic rings. The van der Waals surface area contributed by atoms with Gasteiger partial charge in [0.05, 0.1) is 5.02 Å². The number of nitrogens with one attached hydrogen (secondary N) is 1. The zero-order valence-corrected chi connectivity index (χ0v) is 12.9. The van der Waals surface area contributed by atoms with Crippen molar-refractivity contribution in [3.05, 3.63) is 40.8 Å². The van der Waals surface area contributed by atoms with Crippen molar-refractivity contribution in [2.24, 2.45) is 0 Å². The monoisotopic (exact) mass is 321 g/mol. The average molecular weight is 322 g/mol. The third-order valence-corrected chi connectivity index (χ3v) is 3.95. The molecule has 0 radical (unpaired) electrons. The molecule has 0 saturated carbocycles. The van der Waals surface area contributed by atoms with Gasteiger partial charge in [0.25, 0.3) is 0 Å². The molecule has 1 atom stereocenters. The van der Waals surface area contributed by atoms with Gasteiger partial charge < -0.3 is 16.0 Å². The summed E-state index contributed by atoms with van der Waals surface area (Å²) in [6.07, 6.45) is 0.937. The zero-order valence-electron chi connectivity index (χ0n) is 12.2. The highest BCUT2D eigenvalue weighted by Crippen LogP contribution is 2.26. The van der Waals surface area contributed by atoms with Crippen molar-refractivity contribution < 1.29 is 4.39 Å². The first-order valence-corrected chi connectivity index (χ1v) is 7.47. The van der Waals surface area contributed by atoms with Crippen LogP contribution in [0, 0.1) is 12.7 Å². The molecule has 7 heteroatoms. The molecule has 3 rings (SSSR count). The van der Waals surface area contributed by atoms with Crippen molar-refractivity contribution in [1.82, 2.24) is 9.97 Å². The lowest BCUT2D eigenvalue weighted by Gasteiger charge is -2.19. The molecule has 0 spiro atoms. The molecular formula is C15H17ClFN5. The molecule has 1 saturated heterocycles. The van der Waals surface area contributed by atoms with Crippen LogP contribution in [0.4, 0.5) is 21.8 Å². The van der Waals surface area contributed by atoms with E-state index in [1.165, 1.54) is 6.07 Å². The highest BCUT2D eigenvalue weighted by atomic mass is 35.5. The van der Waals surface area contributed by atoms with Gasteiger partial charge in [0.15, 0.2) is 0 Å². The van der Waals surface area contributed by atoms with Gasteiger partial charge in [-0.05, 0) is 31.5 Å². The van der Waals surface area contributed by atoms with Gasteiger partial charge in [-0.2, -0.15) is 4.98 Å². The predicted octanol–water partition coefficient (Wildman–Crippen LogP) is 2.85. The summed E-state index contributed by atoms with van der Waals surface area (Å²) in [6, 6.07) is 6.73. The Labute approximate surface area is 133 Å². The van der Waals surface area contributed by atoms with E-state index in [0.717, 1.165) is 30.9 Å². The third-order valence-electron chi connectivity index (χ3n) is 3.66. The van der Waals surface area contributed by atoms with Gasteiger partial charge in [-0.3, -0.25) is 0 Å². The molecular weight excluding hydrogens is 305 g/mol. The highest BCUT2D eigenvalue weighted by molar-refractivity contribution is 6.31. The van der Waals surface area contributed by atoms with E-state index in [9.17, 15) is 4.39 Å². The molecule has 3 N–H and O–H groups in total. The van der Waals surface area contributed by atoms with Crippen molar-refractivity contribution in [3.8, 4) is 0 Å². The fourth-order valence-corrected chi connectivity index (χ4v) is 2.81. The van der Waals surface area contributed by atoms with Crippen LogP contribution >= 0.6 is 11.6 Å². The van der Waals surface area contributed by atoms with Gasteiger partial charge >= 0.3 is 0 Å². The van der Waals surface area contributed by atoms with Crippen molar-refractivity contribution in [1.29, 1.82) is 0 Å². The second kappa shape index (κ2) is 5.96. The summed E-state index contributed by atoms with van der Waals surface area (Å²) >= 11 is 5.84. The minimum absolute atomic E-state index is 0.142. The summed E-state index contributed by atoms with van der Waals surface area (Å²) in [6.45, 7) is 3.52. The molecule has 22 heavy (non-hydrogen) atoms. The summed E-state index contributed by atoms with van der Waals surface area (Å²) < 4.78 is 13.2. The van der Waals surface area contributed by atoms with Crippen LogP contribution < -0.4 is 16.0 Å². The smallest absolute Gasteiger partial charge is 0.225 e. The number of halogens is 2. The van der Waals surface area contributed by atoms with Gasteiger partial charge in [0, 0.05) is 36.6 Å². The lowest BCUT2D eigenvalue weighted by atomic mass is 10.2. The maximum absolute atomic E-state index is 13.2. The molecule has 0 amide bonds. The minimum Gasteiger partial charge on any atom is -0.384 e. The van der Waals surface area contributed by atoms with Crippen LogP contribution in [0.25, 0.3) is 0 Å². The number of rotatable bonds is 3. The molecule has 0 aliphatic carbocycles. The van der Waals surface area contributed by atoms with Crippen LogP contribution in [-0.4, -0.2) is 29.1 Å². The Hall–Kier alpha value is -2.08. The second-order valence-corrected chi connectivity index (χ2v) is 5.84. The van der Waals surface area contributed by atoms with Crippen LogP contribution in [-0.2, 0) is 0 Å². The Balaban J connectivity index is 1.68. The van der Waals surface area contributed by atoms with E-state index in [1.54, 1.807) is 18.2 Å². The number of nitrogens with two attached hydrogens (primary N) is 1. The highest BCUT2D eigenvalue weighted by Gasteiger charge is 2.23. The lowest BCUT2D eigenvalue weighted by molar-refractivity contribution is 0.628. The average Bonchev–Trinajstić information content (AvgIpc) is 2.89. The van der Waals surface area contributed by atoms with Crippen LogP contribution in [0.15, 0.2) is 24.3 Å². The standard InChI is InChI=1S/C15H17ClFN5/c1-9-6-14(18)21-15(19-9)20-10-4-5-22(8-10)11-2-3-13(17)12(16)7-11/h2-3,6-7,10H,4-5,8H2,1H3,(H3,18,19,20,21). The van der Waals surface area contributed by atoms with Crippen LogP contribution in [0.2, 0.25) is 5.02 Å². The lowest BCUT2D eigenvalue weighted by Crippen LogP contribution is -2.27. The molecule has 1 aromatic carbocycles. The Morgan fingerprint density at radius 2 is 2.18 bits per heavy atom. The molecule has 1 unspecified atom stereocenters. The first-order valence-electron chi connectivity index (χ1n) is 7.09. The Morgan fingerprint density at radius 1 is 1.36 bits per heavy atom. The first kappa shape index (κ1) is 14.8. The number of benzene rings is 1. The number of nitrogen functional groups attached to an aromatic ring is 1. The predicted molar refractivity (Wildman–Crippen MR) is 86.8 cm³/mol. The number of hydrogen-bond donors (Lipinski definition) is 2. The normalized spacial score (nSPS) is 17.8. The van der Waals surface area contributed by atoms with E-state index in [-0.39, 0.29) is 11.1 Å². The topological polar surface area (TPSA) is 67.1 Å². The van der Waals surface area contributed by atoms with Crippen LogP contribution in [0.3, 0.4) is 0 Å². The number of aryl methyl sites for hydroxylation is 1. The Bertz CT molecular complexity index is 673. The van der Waals surface area contributed by atoms with E-state index in [0.29, 0.717) is 11.8 Å². The molecule has 1 aromatic heterocycles. The van der Waals surface area contributed by atoms with Crippen molar-refractivity contribution in [2.75, 3.05) is 29.0 Å². The number of hydrogen-bond acceptors (Lipinski definition) is 5. The number of anilines is 3. The molecule has 1 fully saturated rings. The molecule has 2 heterocycles. The second-order valence-electron chi connectivity index (χ2n) is 5.43. The van der Waals surface area contributed by atoms with E-state index < -0.39 is 5.82 Å². The SMILES string of the molecule is Cc1cc(N)nc(NC2CCN(c3ccc(F)c(Cl)c3)C2)n1. The quantitative estimate of drug-likeness (QED) is 0.910. The summed E-state index contributed by atoms with van der Waals surface area (Å²) in [5, 5.41) is 3.44. The maximum atomic E-state index is 13.2. The van der Waals surface area contributed by atoms with Crippen molar-refractivity contribution >= 4 is 29.1 Å². The zero-order chi connectivity index (χ0) is 15.7. The van der Waals surface area contributed by atoms with Crippen molar-refractivity contribution in [3.63, 3.8) is 0 Å². The molecule has 116 valence electrons. The molecule has 0 bridgehead atoms. The third kappa shape index (κ3) is 3.22. The van der Waals surface area contributed by atoms with E-state index in [1.807, 2.05) is 6.92 Å². The van der Waals surface area contributed by atoms with Gasteiger partial charge in [0.1, 0.15) is 11.6 Å². The van der Waals surface area contributed by atoms with Crippen LogP contribution in [0.1, 0.15) is 12.1 Å². The summed E-state index contributed by atoms with van der Waals surface area (Å²) in [5.41, 5.74) is 7.48. The largest absolute Gasteiger partial charge is 0.384 e. The molecule has 1 aliphatic rings. The van der Waals surface area contributed by atoms with E-state index >= 15 is 0 Å². The summed E-state index contributed by atoms with van der Waals surface area (Å²) in [4.78, 5) is 10.7. The van der Waals surface area contributed by atoms with E-state index in [2.05, 4.69) is 20.2 Å². The van der Waals surface area contributed by atoms with Gasteiger partial charge in [-0.1, -0.05) is 11.6 Å². The molecule has 1 aliphatic heterocycles. The molecule has 5 nitrogen and oxygen atoms in total. The van der Waals surface area contributed by atoms with Crippen LogP contribution in [0.5, 0.6) is 0 Å². The maximum Gasteiger partial charge on any atom is 0.225 e. The number of nitrogens with zero attached hydrogens (tertiary/aromatic N) is 3. The van der Waals surface area contributed by atoms with Gasteiger partial charge in [0.2, 0.25) is 5.95 Å². The Kier molecular flexibility index (Phi) is 4.02.